The number of nitrogens with zero attached hydrogens (tertiary/aromatic N) is 2. The summed E-state index contributed by atoms with van der Waals surface area (Å²) in [7, 11) is 0. The summed E-state index contributed by atoms with van der Waals surface area (Å²) in [5.41, 5.74) is 1.66. The molecule has 1 aliphatic heterocycles. The summed E-state index contributed by atoms with van der Waals surface area (Å²) in [5.74, 6) is -2.09. The molecule has 0 bridgehead atoms. The second-order valence-corrected chi connectivity index (χ2v) is 6.81. The fraction of sp³-hybridized carbons (Fsp3) is 0.0526. The zero-order valence-electron chi connectivity index (χ0n) is 13.6. The molecule has 0 aliphatic carbocycles. The van der Waals surface area contributed by atoms with Gasteiger partial charge in [0.05, 0.1) is 21.8 Å². The van der Waals surface area contributed by atoms with E-state index in [1.54, 1.807) is 19.1 Å². The number of hydrogen-bond donors (Lipinski definition) is 0. The molecule has 7 heteroatoms. The predicted octanol–water partition coefficient (Wildman–Crippen LogP) is 3.49. The molecule has 1 aliphatic rings. The molecule has 2 aromatic carbocycles. The number of benzene rings is 2. The Morgan fingerprint density at radius 1 is 0.962 bits per heavy atom. The minimum atomic E-state index is -0.788. The number of rotatable bonds is 3. The Morgan fingerprint density at radius 2 is 1.54 bits per heavy atom. The van der Waals surface area contributed by atoms with E-state index in [-0.39, 0.29) is 16.0 Å². The van der Waals surface area contributed by atoms with Crippen LogP contribution in [0.2, 0.25) is 0 Å². The van der Waals surface area contributed by atoms with Gasteiger partial charge < -0.3 is 4.84 Å². The smallest absolute Gasteiger partial charge is 0.323 e. The molecule has 0 fully saturated rings. The van der Waals surface area contributed by atoms with Crippen LogP contribution >= 0.6 is 11.3 Å². The summed E-state index contributed by atoms with van der Waals surface area (Å²) in [6.07, 6.45) is 0. The van der Waals surface area contributed by atoms with Crippen LogP contribution in [-0.2, 0) is 4.84 Å². The van der Waals surface area contributed by atoms with Gasteiger partial charge in [0, 0.05) is 5.56 Å². The summed E-state index contributed by atoms with van der Waals surface area (Å²) in [4.78, 5) is 47.1. The van der Waals surface area contributed by atoms with Crippen molar-refractivity contribution in [1.82, 2.24) is 10.0 Å². The van der Waals surface area contributed by atoms with Crippen molar-refractivity contribution < 1.29 is 19.2 Å². The number of thiazole rings is 1. The molecule has 128 valence electrons. The highest BCUT2D eigenvalue weighted by atomic mass is 32.1. The normalized spacial score (nSPS) is 13.0. The molecular weight excluding hydrogens is 352 g/mol. The third-order valence-electron chi connectivity index (χ3n) is 3.90. The quantitative estimate of drug-likeness (QED) is 0.665. The monoisotopic (exact) mass is 364 g/mol. The number of aryl methyl sites for hydroxylation is 1. The van der Waals surface area contributed by atoms with Crippen molar-refractivity contribution >= 4 is 29.1 Å². The first-order valence-corrected chi connectivity index (χ1v) is 8.61. The number of imide groups is 1. The van der Waals surface area contributed by atoms with E-state index in [1.807, 2.05) is 30.3 Å². The van der Waals surface area contributed by atoms with E-state index in [0.717, 1.165) is 16.9 Å². The maximum absolute atomic E-state index is 12.7. The highest BCUT2D eigenvalue weighted by Gasteiger charge is 2.39. The van der Waals surface area contributed by atoms with Gasteiger partial charge in [0.15, 0.2) is 0 Å². The van der Waals surface area contributed by atoms with E-state index in [0.29, 0.717) is 15.8 Å². The lowest BCUT2D eigenvalue weighted by atomic mass is 10.1. The third kappa shape index (κ3) is 2.58. The van der Waals surface area contributed by atoms with Gasteiger partial charge in [-0.2, -0.15) is 0 Å². The van der Waals surface area contributed by atoms with Gasteiger partial charge in [-0.1, -0.05) is 47.5 Å². The minimum Gasteiger partial charge on any atom is -0.323 e. The summed E-state index contributed by atoms with van der Waals surface area (Å²) in [5, 5.41) is 1.19. The first-order valence-electron chi connectivity index (χ1n) is 7.79. The van der Waals surface area contributed by atoms with Crippen LogP contribution in [0.1, 0.15) is 35.4 Å². The van der Waals surface area contributed by atoms with Crippen molar-refractivity contribution in [3.63, 3.8) is 0 Å². The Balaban J connectivity index is 1.65. The van der Waals surface area contributed by atoms with E-state index in [2.05, 4.69) is 4.98 Å². The Labute approximate surface area is 152 Å². The standard InChI is InChI=1S/C19H12N2O4S/c1-11-20-15(12-7-3-2-4-8-12)16(26-11)19(24)25-21-17(22)13-9-5-6-10-14(13)18(21)23/h2-10H,1H3. The number of fused-ring (bicyclic) bond motifs is 1. The second-order valence-electron chi connectivity index (χ2n) is 5.61. The van der Waals surface area contributed by atoms with Gasteiger partial charge in [-0.15, -0.1) is 11.3 Å². The molecule has 0 radical (unpaired) electrons. The van der Waals surface area contributed by atoms with Crippen molar-refractivity contribution in [3.8, 4) is 11.3 Å². The first-order chi connectivity index (χ1) is 12.6. The third-order valence-corrected chi connectivity index (χ3v) is 4.85. The molecular formula is C19H12N2O4S. The lowest BCUT2D eigenvalue weighted by Gasteiger charge is -2.12. The summed E-state index contributed by atoms with van der Waals surface area (Å²) < 4.78 is 0. The molecule has 2 heterocycles. The van der Waals surface area contributed by atoms with Crippen LogP contribution < -0.4 is 0 Å². The highest BCUT2D eigenvalue weighted by Crippen LogP contribution is 2.30. The molecule has 0 atom stereocenters. The molecule has 0 unspecified atom stereocenters. The molecule has 4 rings (SSSR count). The fourth-order valence-electron chi connectivity index (χ4n) is 2.73. The van der Waals surface area contributed by atoms with Gasteiger partial charge in [0.2, 0.25) is 0 Å². The number of carbonyl (C=O) groups is 3. The van der Waals surface area contributed by atoms with Gasteiger partial charge in [-0.05, 0) is 19.1 Å². The molecule has 0 N–H and O–H groups in total. The summed E-state index contributed by atoms with van der Waals surface area (Å²) in [6, 6.07) is 15.5. The number of hydroxylamine groups is 2. The summed E-state index contributed by atoms with van der Waals surface area (Å²) in [6.45, 7) is 1.77. The molecule has 0 saturated carbocycles. The lowest BCUT2D eigenvalue weighted by molar-refractivity contribution is -0.0580. The van der Waals surface area contributed by atoms with Gasteiger partial charge in [0.1, 0.15) is 4.88 Å². The van der Waals surface area contributed by atoms with Crippen molar-refractivity contribution in [2.24, 2.45) is 0 Å². The van der Waals surface area contributed by atoms with Crippen LogP contribution in [0.3, 0.4) is 0 Å². The van der Waals surface area contributed by atoms with Crippen LogP contribution in [0.4, 0.5) is 0 Å². The maximum Gasteiger partial charge on any atom is 0.376 e. The van der Waals surface area contributed by atoms with Crippen LogP contribution in [0, 0.1) is 6.92 Å². The topological polar surface area (TPSA) is 76.6 Å². The van der Waals surface area contributed by atoms with Crippen LogP contribution in [0.25, 0.3) is 11.3 Å². The number of aromatic nitrogens is 1. The first kappa shape index (κ1) is 16.2. The van der Waals surface area contributed by atoms with E-state index < -0.39 is 17.8 Å². The number of hydrogen-bond acceptors (Lipinski definition) is 6. The maximum atomic E-state index is 12.7. The number of carbonyl (C=O) groups excluding carboxylic acids is 3. The molecule has 26 heavy (non-hydrogen) atoms. The van der Waals surface area contributed by atoms with E-state index >= 15 is 0 Å². The molecule has 2 amide bonds. The average Bonchev–Trinajstić information content (AvgIpc) is 3.17. The second kappa shape index (κ2) is 6.20. The summed E-state index contributed by atoms with van der Waals surface area (Å²) >= 11 is 1.15. The average molecular weight is 364 g/mol. The Morgan fingerprint density at radius 3 is 2.15 bits per heavy atom. The van der Waals surface area contributed by atoms with Gasteiger partial charge >= 0.3 is 5.97 Å². The molecule has 0 spiro atoms. The fourth-order valence-corrected chi connectivity index (χ4v) is 3.54. The molecule has 1 aromatic heterocycles. The highest BCUT2D eigenvalue weighted by molar-refractivity contribution is 7.14. The van der Waals surface area contributed by atoms with Crippen molar-refractivity contribution in [3.05, 3.63) is 75.6 Å². The largest absolute Gasteiger partial charge is 0.376 e. The van der Waals surface area contributed by atoms with Crippen LogP contribution in [-0.4, -0.2) is 27.8 Å². The van der Waals surface area contributed by atoms with Crippen molar-refractivity contribution in [2.45, 2.75) is 6.92 Å². The van der Waals surface area contributed by atoms with Crippen LogP contribution in [0.5, 0.6) is 0 Å². The van der Waals surface area contributed by atoms with Gasteiger partial charge in [-0.25, -0.2) is 9.78 Å². The predicted molar refractivity (Wildman–Crippen MR) is 94.6 cm³/mol. The zero-order valence-corrected chi connectivity index (χ0v) is 14.4. The SMILES string of the molecule is Cc1nc(-c2ccccc2)c(C(=O)ON2C(=O)c3ccccc3C2=O)s1. The Bertz CT molecular complexity index is 1010. The molecule has 0 saturated heterocycles. The Kier molecular flexibility index (Phi) is 3.85. The van der Waals surface area contributed by atoms with E-state index in [9.17, 15) is 14.4 Å². The van der Waals surface area contributed by atoms with Gasteiger partial charge in [-0.3, -0.25) is 9.59 Å². The minimum absolute atomic E-state index is 0.217. The molecule has 6 nitrogen and oxygen atoms in total. The van der Waals surface area contributed by atoms with E-state index in [4.69, 9.17) is 4.84 Å². The van der Waals surface area contributed by atoms with Crippen LogP contribution in [0.15, 0.2) is 54.6 Å². The van der Waals surface area contributed by atoms with Gasteiger partial charge in [0.25, 0.3) is 11.8 Å². The molecule has 3 aromatic rings. The lowest BCUT2D eigenvalue weighted by Crippen LogP contribution is -2.32. The Hall–Kier alpha value is -3.32. The van der Waals surface area contributed by atoms with Crippen molar-refractivity contribution in [2.75, 3.05) is 0 Å². The van der Waals surface area contributed by atoms with E-state index in [1.165, 1.54) is 12.1 Å². The zero-order chi connectivity index (χ0) is 18.3. The number of amides is 2. The van der Waals surface area contributed by atoms with Crippen molar-refractivity contribution in [1.29, 1.82) is 0 Å².